The fourth-order valence-electron chi connectivity index (χ4n) is 3.68. The minimum Gasteiger partial charge on any atom is -0.359 e. The van der Waals surface area contributed by atoms with E-state index in [-0.39, 0.29) is 0 Å². The molecule has 0 aliphatic heterocycles. The van der Waals surface area contributed by atoms with Crippen LogP contribution >= 0.6 is 0 Å². The lowest BCUT2D eigenvalue weighted by molar-refractivity contribution is 0.334. The monoisotopic (exact) mass is 452 g/mol. The summed E-state index contributed by atoms with van der Waals surface area (Å²) in [5, 5.41) is 10.5. The van der Waals surface area contributed by atoms with Gasteiger partial charge in [0.1, 0.15) is 0 Å². The van der Waals surface area contributed by atoms with E-state index >= 15 is 0 Å². The average molecular weight is 453 g/mol. The molecule has 0 heterocycles. The Hall–Kier alpha value is -2.30. The van der Waals surface area contributed by atoms with Crippen molar-refractivity contribution in [3.63, 3.8) is 0 Å². The first-order chi connectivity index (χ1) is 15.9. The molecule has 5 N–H and O–H groups in total. The summed E-state index contributed by atoms with van der Waals surface area (Å²) >= 11 is 0. The fraction of sp³-hybridized carbons (Fsp3) is 0.517. The number of rotatable bonds is 10. The maximum atomic E-state index is 6.20. The Morgan fingerprint density at radius 1 is 1.06 bits per heavy atom. The number of anilines is 1. The summed E-state index contributed by atoms with van der Waals surface area (Å²) in [6, 6.07) is 9.04. The van der Waals surface area contributed by atoms with Crippen LogP contribution in [0.15, 0.2) is 71.7 Å². The van der Waals surface area contributed by atoms with Crippen LogP contribution in [-0.4, -0.2) is 18.6 Å². The van der Waals surface area contributed by atoms with E-state index in [0.29, 0.717) is 12.1 Å². The molecule has 0 radical (unpaired) electrons. The third kappa shape index (κ3) is 11.9. The molecule has 0 amide bonds. The van der Waals surface area contributed by atoms with Crippen molar-refractivity contribution in [1.82, 2.24) is 10.6 Å². The van der Waals surface area contributed by atoms with Crippen LogP contribution in [0.4, 0.5) is 5.69 Å². The molecule has 184 valence electrons. The molecule has 1 aliphatic rings. The SMILES string of the molecule is C/C=C(/C)Nc1ccccc1C.C/C=C(/CN[C@@H]1CCCC[C@H]1N)NC(/C=C\CC)=C/CC. The molecular weight excluding hydrogens is 404 g/mol. The summed E-state index contributed by atoms with van der Waals surface area (Å²) in [6.45, 7) is 13.4. The fourth-order valence-corrected chi connectivity index (χ4v) is 3.68. The summed E-state index contributed by atoms with van der Waals surface area (Å²) in [7, 11) is 0. The largest absolute Gasteiger partial charge is 0.359 e. The lowest BCUT2D eigenvalue weighted by Gasteiger charge is -2.30. The van der Waals surface area contributed by atoms with E-state index in [1.165, 1.54) is 47.6 Å². The topological polar surface area (TPSA) is 62.1 Å². The van der Waals surface area contributed by atoms with Crippen LogP contribution in [0.1, 0.15) is 78.7 Å². The Labute approximate surface area is 203 Å². The van der Waals surface area contributed by atoms with Crippen molar-refractivity contribution in [3.05, 3.63) is 77.3 Å². The molecule has 4 nitrogen and oxygen atoms in total. The Bertz CT molecular complexity index is 789. The minimum absolute atomic E-state index is 0.308. The van der Waals surface area contributed by atoms with E-state index in [1.54, 1.807) is 0 Å². The number of nitrogens with one attached hydrogen (secondary N) is 3. The molecule has 0 aromatic heterocycles. The summed E-state index contributed by atoms with van der Waals surface area (Å²) in [5.41, 5.74) is 12.2. The normalized spacial score (nSPS) is 19.8. The van der Waals surface area contributed by atoms with Crippen molar-refractivity contribution in [2.24, 2.45) is 5.73 Å². The van der Waals surface area contributed by atoms with Crippen LogP contribution in [0.3, 0.4) is 0 Å². The predicted octanol–water partition coefficient (Wildman–Crippen LogP) is 6.93. The Kier molecular flexibility index (Phi) is 15.0. The van der Waals surface area contributed by atoms with Crippen molar-refractivity contribution < 1.29 is 0 Å². The van der Waals surface area contributed by atoms with Gasteiger partial charge in [-0.25, -0.2) is 0 Å². The van der Waals surface area contributed by atoms with Gasteiger partial charge in [0.25, 0.3) is 0 Å². The summed E-state index contributed by atoms with van der Waals surface area (Å²) in [5.74, 6) is 0. The van der Waals surface area contributed by atoms with Gasteiger partial charge in [-0.15, -0.1) is 0 Å². The number of hydrogen-bond donors (Lipinski definition) is 4. The standard InChI is InChI=1S/C18H33N3.C11H15N/c1-4-7-11-16(10-5-2)21-15(6-3)14-20-18-13-9-8-12-17(18)19;1-4-10(3)12-11-8-6-5-7-9(11)2/h6-7,10-11,17-18,20-21H,4-5,8-9,12-14,19H2,1-3H3;4-8,12H,1-3H3/b11-7-,15-6-,16-10+;10-4-/t17-,18-;/m1./s1. The van der Waals surface area contributed by atoms with Gasteiger partial charge < -0.3 is 21.7 Å². The van der Waals surface area contributed by atoms with Gasteiger partial charge in [-0.1, -0.05) is 69.2 Å². The molecule has 0 bridgehead atoms. The number of hydrogen-bond acceptors (Lipinski definition) is 4. The lowest BCUT2D eigenvalue weighted by atomic mass is 9.91. The molecule has 1 saturated carbocycles. The summed E-state index contributed by atoms with van der Waals surface area (Å²) in [6.07, 6.45) is 17.8. The van der Waals surface area contributed by atoms with Crippen LogP contribution in [0.2, 0.25) is 0 Å². The zero-order valence-electron chi connectivity index (χ0n) is 21.9. The molecular formula is C29H48N4. The Balaban J connectivity index is 0.000000383. The maximum absolute atomic E-state index is 6.20. The Morgan fingerprint density at radius 2 is 1.79 bits per heavy atom. The van der Waals surface area contributed by atoms with Crippen LogP contribution in [0, 0.1) is 6.92 Å². The summed E-state index contributed by atoms with van der Waals surface area (Å²) < 4.78 is 0. The molecule has 0 spiro atoms. The first kappa shape index (κ1) is 28.7. The molecule has 0 unspecified atom stereocenters. The molecule has 1 aliphatic carbocycles. The highest BCUT2D eigenvalue weighted by Crippen LogP contribution is 2.17. The Morgan fingerprint density at radius 3 is 2.39 bits per heavy atom. The van der Waals surface area contributed by atoms with Gasteiger partial charge in [0.05, 0.1) is 0 Å². The highest BCUT2D eigenvalue weighted by atomic mass is 15.0. The molecule has 1 fully saturated rings. The van der Waals surface area contributed by atoms with Crippen molar-refractivity contribution in [1.29, 1.82) is 0 Å². The molecule has 2 rings (SSSR count). The lowest BCUT2D eigenvalue weighted by Crippen LogP contribution is -2.48. The van der Waals surface area contributed by atoms with Gasteiger partial charge in [0.15, 0.2) is 0 Å². The second kappa shape index (κ2) is 17.2. The number of nitrogens with two attached hydrogens (primary N) is 1. The van der Waals surface area contributed by atoms with E-state index in [0.717, 1.165) is 25.8 Å². The van der Waals surface area contributed by atoms with E-state index in [1.807, 2.05) is 19.1 Å². The zero-order valence-corrected chi connectivity index (χ0v) is 21.9. The van der Waals surface area contributed by atoms with Gasteiger partial charge in [-0.05, 0) is 71.1 Å². The number of benzene rings is 1. The smallest absolute Gasteiger partial charge is 0.0411 e. The van der Waals surface area contributed by atoms with Crippen LogP contribution in [-0.2, 0) is 0 Å². The highest BCUT2D eigenvalue weighted by molar-refractivity contribution is 5.53. The van der Waals surface area contributed by atoms with Crippen molar-refractivity contribution >= 4 is 5.69 Å². The summed E-state index contributed by atoms with van der Waals surface area (Å²) in [4.78, 5) is 0. The highest BCUT2D eigenvalue weighted by Gasteiger charge is 2.21. The van der Waals surface area contributed by atoms with Gasteiger partial charge in [-0.2, -0.15) is 0 Å². The number of allylic oxidation sites excluding steroid dienone is 6. The number of aryl methyl sites for hydroxylation is 1. The van der Waals surface area contributed by atoms with Crippen LogP contribution < -0.4 is 21.7 Å². The third-order valence-electron chi connectivity index (χ3n) is 5.89. The van der Waals surface area contributed by atoms with Gasteiger partial charge >= 0.3 is 0 Å². The van der Waals surface area contributed by atoms with E-state index in [4.69, 9.17) is 5.73 Å². The van der Waals surface area contributed by atoms with E-state index in [9.17, 15) is 0 Å². The first-order valence-corrected chi connectivity index (χ1v) is 12.7. The average Bonchev–Trinajstić information content (AvgIpc) is 2.82. The van der Waals surface area contributed by atoms with Gasteiger partial charge in [0.2, 0.25) is 0 Å². The van der Waals surface area contributed by atoms with E-state index < -0.39 is 0 Å². The first-order valence-electron chi connectivity index (χ1n) is 12.7. The minimum atomic E-state index is 0.308. The van der Waals surface area contributed by atoms with Gasteiger partial charge in [-0.3, -0.25) is 0 Å². The predicted molar refractivity (Wildman–Crippen MR) is 147 cm³/mol. The van der Waals surface area contributed by atoms with Crippen molar-refractivity contribution in [2.75, 3.05) is 11.9 Å². The van der Waals surface area contributed by atoms with Crippen LogP contribution in [0.5, 0.6) is 0 Å². The molecule has 33 heavy (non-hydrogen) atoms. The maximum Gasteiger partial charge on any atom is 0.0411 e. The van der Waals surface area contributed by atoms with E-state index in [2.05, 4.69) is 93.1 Å². The quantitative estimate of drug-likeness (QED) is 0.291. The second-order valence-electron chi connectivity index (χ2n) is 8.66. The number of para-hydroxylation sites is 1. The van der Waals surface area contributed by atoms with Crippen molar-refractivity contribution in [2.45, 2.75) is 92.2 Å². The van der Waals surface area contributed by atoms with Gasteiger partial charge in [0, 0.05) is 41.4 Å². The van der Waals surface area contributed by atoms with Crippen LogP contribution in [0.25, 0.3) is 0 Å². The zero-order chi connectivity index (χ0) is 24.5. The van der Waals surface area contributed by atoms with Crippen molar-refractivity contribution in [3.8, 4) is 0 Å². The molecule has 2 atom stereocenters. The molecule has 1 aromatic carbocycles. The third-order valence-corrected chi connectivity index (χ3v) is 5.89. The molecule has 4 heteroatoms. The second-order valence-corrected chi connectivity index (χ2v) is 8.66. The molecule has 1 aromatic rings. The molecule has 0 saturated heterocycles.